The number of carbonyl (C=O) groups is 1. The van der Waals surface area contributed by atoms with Crippen molar-refractivity contribution in [2.24, 2.45) is 0 Å². The zero-order valence-electron chi connectivity index (χ0n) is 11.2. The molecule has 0 aliphatic carbocycles. The molecule has 1 aliphatic heterocycles. The first-order valence-electron chi connectivity index (χ1n) is 6.76. The highest BCUT2D eigenvalue weighted by Gasteiger charge is 2.30. The van der Waals surface area contributed by atoms with Crippen molar-refractivity contribution in [3.8, 4) is 16.9 Å². The highest BCUT2D eigenvalue weighted by atomic mass is 16.5. The molecule has 0 saturated carbocycles. The average molecular weight is 276 g/mol. The summed E-state index contributed by atoms with van der Waals surface area (Å²) in [6, 6.07) is 17.4. The lowest BCUT2D eigenvalue weighted by atomic mass is 9.90. The number of ether oxygens (including phenoxy) is 1. The summed E-state index contributed by atoms with van der Waals surface area (Å²) in [6.07, 6.45) is 0. The Morgan fingerprint density at radius 3 is 2.29 bits per heavy atom. The highest BCUT2D eigenvalue weighted by Crippen LogP contribution is 2.43. The minimum Gasteiger partial charge on any atom is -0.506 e. The van der Waals surface area contributed by atoms with Crippen LogP contribution in [0.5, 0.6) is 5.75 Å². The third kappa shape index (κ3) is 1.64. The van der Waals surface area contributed by atoms with Crippen molar-refractivity contribution in [1.29, 1.82) is 0 Å². The monoisotopic (exact) mass is 276 g/mol. The topological polar surface area (TPSA) is 46.5 Å². The molecule has 0 unspecified atom stereocenters. The third-order valence-electron chi connectivity index (χ3n) is 3.91. The van der Waals surface area contributed by atoms with Gasteiger partial charge < -0.3 is 9.84 Å². The number of rotatable bonds is 1. The molecule has 1 aliphatic rings. The number of benzene rings is 3. The van der Waals surface area contributed by atoms with Crippen LogP contribution < -0.4 is 0 Å². The van der Waals surface area contributed by atoms with E-state index in [9.17, 15) is 9.90 Å². The van der Waals surface area contributed by atoms with E-state index >= 15 is 0 Å². The van der Waals surface area contributed by atoms with Gasteiger partial charge in [-0.1, -0.05) is 54.6 Å². The largest absolute Gasteiger partial charge is 0.506 e. The standard InChI is InChI=1S/C18H12O3/c19-17-13-9-5-4-8-12(13)15(11-6-2-1-3-7-11)14-10-21-18(20)16(14)17/h1-9,19H,10H2. The van der Waals surface area contributed by atoms with Crippen LogP contribution in [-0.4, -0.2) is 11.1 Å². The van der Waals surface area contributed by atoms with Crippen LogP contribution in [0.1, 0.15) is 15.9 Å². The molecule has 4 rings (SSSR count). The SMILES string of the molecule is O=C1OCc2c1c(O)c1ccccc1c2-c1ccccc1. The van der Waals surface area contributed by atoms with Crippen LogP contribution in [0.2, 0.25) is 0 Å². The van der Waals surface area contributed by atoms with E-state index in [0.29, 0.717) is 10.9 Å². The summed E-state index contributed by atoms with van der Waals surface area (Å²) in [5.74, 6) is -0.437. The van der Waals surface area contributed by atoms with Gasteiger partial charge in [-0.3, -0.25) is 0 Å². The fourth-order valence-corrected chi connectivity index (χ4v) is 2.98. The van der Waals surface area contributed by atoms with Crippen molar-refractivity contribution in [1.82, 2.24) is 0 Å². The van der Waals surface area contributed by atoms with Crippen LogP contribution in [0.4, 0.5) is 0 Å². The average Bonchev–Trinajstić information content (AvgIpc) is 2.91. The number of cyclic esters (lactones) is 1. The Bertz CT molecular complexity index is 867. The summed E-state index contributed by atoms with van der Waals surface area (Å²) in [5.41, 5.74) is 3.04. The number of fused-ring (bicyclic) bond motifs is 2. The maximum atomic E-state index is 11.9. The number of carbonyl (C=O) groups excluding carboxylic acids is 1. The van der Waals surface area contributed by atoms with E-state index in [0.717, 1.165) is 22.1 Å². The summed E-state index contributed by atoms with van der Waals surface area (Å²) in [6.45, 7) is 0.205. The molecule has 0 amide bonds. The maximum Gasteiger partial charge on any atom is 0.342 e. The van der Waals surface area contributed by atoms with E-state index in [2.05, 4.69) is 0 Å². The first-order valence-corrected chi connectivity index (χ1v) is 6.76. The molecule has 1 heterocycles. The Labute approximate surface area is 121 Å². The maximum absolute atomic E-state index is 11.9. The van der Waals surface area contributed by atoms with Gasteiger partial charge in [-0.05, 0) is 16.5 Å². The van der Waals surface area contributed by atoms with Crippen LogP contribution in [0.25, 0.3) is 21.9 Å². The molecule has 0 saturated heterocycles. The van der Waals surface area contributed by atoms with Gasteiger partial charge in [0.05, 0.1) is 0 Å². The van der Waals surface area contributed by atoms with Gasteiger partial charge in [0.25, 0.3) is 0 Å². The molecule has 3 aromatic rings. The second kappa shape index (κ2) is 4.35. The van der Waals surface area contributed by atoms with Crippen molar-refractivity contribution in [2.45, 2.75) is 6.61 Å². The van der Waals surface area contributed by atoms with Gasteiger partial charge in [0.2, 0.25) is 0 Å². The number of phenols is 1. The third-order valence-corrected chi connectivity index (χ3v) is 3.91. The Hall–Kier alpha value is -2.81. The van der Waals surface area contributed by atoms with Gasteiger partial charge >= 0.3 is 5.97 Å². The van der Waals surface area contributed by atoms with Crippen molar-refractivity contribution in [3.63, 3.8) is 0 Å². The van der Waals surface area contributed by atoms with Crippen molar-refractivity contribution >= 4 is 16.7 Å². The smallest absolute Gasteiger partial charge is 0.342 e. The predicted molar refractivity (Wildman–Crippen MR) is 80.2 cm³/mol. The van der Waals surface area contributed by atoms with Gasteiger partial charge in [-0.25, -0.2) is 4.79 Å². The molecule has 0 atom stereocenters. The van der Waals surface area contributed by atoms with E-state index in [4.69, 9.17) is 4.74 Å². The van der Waals surface area contributed by atoms with Crippen molar-refractivity contribution < 1.29 is 14.6 Å². The van der Waals surface area contributed by atoms with Gasteiger partial charge in [0.15, 0.2) is 0 Å². The summed E-state index contributed by atoms with van der Waals surface area (Å²) in [4.78, 5) is 11.9. The Balaban J connectivity index is 2.20. The number of hydrogen-bond donors (Lipinski definition) is 1. The van der Waals surface area contributed by atoms with Crippen molar-refractivity contribution in [3.05, 3.63) is 65.7 Å². The molecule has 0 fully saturated rings. The predicted octanol–water partition coefficient (Wildman–Crippen LogP) is 3.88. The molecule has 3 nitrogen and oxygen atoms in total. The normalized spacial score (nSPS) is 13.2. The second-order valence-electron chi connectivity index (χ2n) is 5.06. The van der Waals surface area contributed by atoms with Gasteiger partial charge in [-0.15, -0.1) is 0 Å². The van der Waals surface area contributed by atoms with E-state index in [1.54, 1.807) is 0 Å². The summed E-state index contributed by atoms with van der Waals surface area (Å²) in [5, 5.41) is 12.0. The summed E-state index contributed by atoms with van der Waals surface area (Å²) in [7, 11) is 0. The Morgan fingerprint density at radius 1 is 0.857 bits per heavy atom. The number of hydrogen-bond acceptors (Lipinski definition) is 3. The number of aromatic hydroxyl groups is 1. The molecule has 1 N–H and O–H groups in total. The summed E-state index contributed by atoms with van der Waals surface area (Å²) >= 11 is 0. The van der Waals surface area contributed by atoms with Gasteiger partial charge in [0, 0.05) is 10.9 Å². The lowest BCUT2D eigenvalue weighted by molar-refractivity contribution is 0.0533. The fourth-order valence-electron chi connectivity index (χ4n) is 2.98. The lowest BCUT2D eigenvalue weighted by Crippen LogP contribution is -1.97. The first-order chi connectivity index (χ1) is 10.3. The Kier molecular flexibility index (Phi) is 2.48. The molecular formula is C18H12O3. The number of esters is 1. The molecule has 3 heteroatoms. The Morgan fingerprint density at radius 2 is 1.52 bits per heavy atom. The van der Waals surface area contributed by atoms with Crippen LogP contribution >= 0.6 is 0 Å². The van der Waals surface area contributed by atoms with Crippen LogP contribution in [-0.2, 0) is 11.3 Å². The van der Waals surface area contributed by atoms with E-state index in [-0.39, 0.29) is 12.4 Å². The minimum atomic E-state index is -0.453. The first kappa shape index (κ1) is 12.0. The zero-order valence-corrected chi connectivity index (χ0v) is 11.2. The van der Waals surface area contributed by atoms with Crippen molar-refractivity contribution in [2.75, 3.05) is 0 Å². The molecule has 0 spiro atoms. The van der Waals surface area contributed by atoms with E-state index in [1.807, 2.05) is 54.6 Å². The van der Waals surface area contributed by atoms with Gasteiger partial charge in [0.1, 0.15) is 17.9 Å². The van der Waals surface area contributed by atoms with Gasteiger partial charge in [-0.2, -0.15) is 0 Å². The molecular weight excluding hydrogens is 264 g/mol. The van der Waals surface area contributed by atoms with Crippen LogP contribution in [0, 0.1) is 0 Å². The highest BCUT2D eigenvalue weighted by molar-refractivity contribution is 6.11. The quantitative estimate of drug-likeness (QED) is 0.686. The molecule has 0 bridgehead atoms. The summed E-state index contributed by atoms with van der Waals surface area (Å²) < 4.78 is 5.14. The molecule has 21 heavy (non-hydrogen) atoms. The van der Waals surface area contributed by atoms with E-state index in [1.165, 1.54) is 0 Å². The van der Waals surface area contributed by atoms with Crippen LogP contribution in [0.3, 0.4) is 0 Å². The molecule has 0 aromatic heterocycles. The lowest BCUT2D eigenvalue weighted by Gasteiger charge is -2.13. The molecule has 102 valence electrons. The molecule has 3 aromatic carbocycles. The zero-order chi connectivity index (χ0) is 14.4. The molecule has 0 radical (unpaired) electrons. The second-order valence-corrected chi connectivity index (χ2v) is 5.06. The van der Waals surface area contributed by atoms with E-state index < -0.39 is 5.97 Å². The van der Waals surface area contributed by atoms with Crippen LogP contribution in [0.15, 0.2) is 54.6 Å². The fraction of sp³-hybridized carbons (Fsp3) is 0.0556. The number of phenolic OH excluding ortho intramolecular Hbond substituents is 1. The minimum absolute atomic E-state index is 0.0165.